The first-order valence-electron chi connectivity index (χ1n) is 4.46. The number of hydrogen-bond donors (Lipinski definition) is 4. The SMILES string of the molecule is NS(=O)(=O)c1ccccc1C(O)C(O)C(=O)O. The van der Waals surface area contributed by atoms with Crippen LogP contribution in [0, 0.1) is 0 Å². The summed E-state index contributed by atoms with van der Waals surface area (Å²) in [7, 11) is -4.10. The van der Waals surface area contributed by atoms with Crippen molar-refractivity contribution < 1.29 is 28.5 Å². The van der Waals surface area contributed by atoms with E-state index in [9.17, 15) is 18.3 Å². The molecule has 0 amide bonds. The minimum atomic E-state index is -4.10. The summed E-state index contributed by atoms with van der Waals surface area (Å²) in [6.07, 6.45) is -4.00. The van der Waals surface area contributed by atoms with Crippen molar-refractivity contribution in [2.75, 3.05) is 0 Å². The van der Waals surface area contributed by atoms with E-state index in [1.807, 2.05) is 0 Å². The van der Waals surface area contributed by atoms with Gasteiger partial charge in [0.15, 0.2) is 6.10 Å². The molecule has 1 aromatic rings. The van der Waals surface area contributed by atoms with Gasteiger partial charge in [0.1, 0.15) is 6.10 Å². The molecule has 8 heteroatoms. The van der Waals surface area contributed by atoms with E-state index in [0.29, 0.717) is 0 Å². The molecule has 2 unspecified atom stereocenters. The molecule has 1 rings (SSSR count). The zero-order valence-electron chi connectivity index (χ0n) is 8.52. The van der Waals surface area contributed by atoms with Crippen molar-refractivity contribution in [2.45, 2.75) is 17.1 Å². The molecule has 0 saturated carbocycles. The van der Waals surface area contributed by atoms with Gasteiger partial charge in [0.25, 0.3) is 0 Å². The molecule has 0 radical (unpaired) electrons. The van der Waals surface area contributed by atoms with E-state index >= 15 is 0 Å². The zero-order chi connectivity index (χ0) is 13.2. The summed E-state index contributed by atoms with van der Waals surface area (Å²) in [5.41, 5.74) is -0.259. The minimum Gasteiger partial charge on any atom is -0.479 e. The van der Waals surface area contributed by atoms with Crippen molar-refractivity contribution in [2.24, 2.45) is 5.14 Å². The van der Waals surface area contributed by atoms with Gasteiger partial charge in [-0.05, 0) is 6.07 Å². The number of sulfonamides is 1. The maximum absolute atomic E-state index is 11.2. The fourth-order valence-electron chi connectivity index (χ4n) is 1.29. The molecule has 0 bridgehead atoms. The second-order valence-electron chi connectivity index (χ2n) is 3.31. The predicted octanol–water partition coefficient (Wildman–Crippen LogP) is -1.19. The van der Waals surface area contributed by atoms with Crippen LogP contribution in [0.3, 0.4) is 0 Å². The highest BCUT2D eigenvalue weighted by molar-refractivity contribution is 7.89. The Bertz CT molecular complexity index is 526. The quantitative estimate of drug-likeness (QED) is 0.537. The summed E-state index contributed by atoms with van der Waals surface area (Å²) in [4.78, 5) is 10.1. The van der Waals surface area contributed by atoms with Crippen LogP contribution in [0.1, 0.15) is 11.7 Å². The maximum atomic E-state index is 11.2. The van der Waals surface area contributed by atoms with Gasteiger partial charge in [-0.1, -0.05) is 18.2 Å². The van der Waals surface area contributed by atoms with E-state index in [1.54, 1.807) is 0 Å². The highest BCUT2D eigenvalue weighted by Gasteiger charge is 2.29. The summed E-state index contributed by atoms with van der Waals surface area (Å²) in [6, 6.07) is 5.05. The van der Waals surface area contributed by atoms with E-state index in [1.165, 1.54) is 18.2 Å². The highest BCUT2D eigenvalue weighted by atomic mass is 32.2. The number of rotatable bonds is 4. The van der Waals surface area contributed by atoms with Crippen LogP contribution < -0.4 is 5.14 Å². The van der Waals surface area contributed by atoms with E-state index in [2.05, 4.69) is 0 Å². The number of aliphatic hydroxyl groups excluding tert-OH is 2. The number of benzene rings is 1. The molecule has 7 nitrogen and oxygen atoms in total. The molecule has 0 aliphatic rings. The van der Waals surface area contributed by atoms with E-state index in [0.717, 1.165) is 6.07 Å². The van der Waals surface area contributed by atoms with Crippen LogP contribution in [0.4, 0.5) is 0 Å². The van der Waals surface area contributed by atoms with Crippen LogP contribution in [0.2, 0.25) is 0 Å². The standard InChI is InChI=1S/C9H11NO6S/c10-17(15,16)6-4-2-1-3-5(6)7(11)8(12)9(13)14/h1-4,7-8,11-12H,(H,13,14)(H2,10,15,16). The molecule has 0 aromatic heterocycles. The zero-order valence-corrected chi connectivity index (χ0v) is 9.33. The third kappa shape index (κ3) is 3.01. The fraction of sp³-hybridized carbons (Fsp3) is 0.222. The highest BCUT2D eigenvalue weighted by Crippen LogP contribution is 2.24. The molecule has 17 heavy (non-hydrogen) atoms. The summed E-state index contributed by atoms with van der Waals surface area (Å²) in [5.74, 6) is -1.67. The van der Waals surface area contributed by atoms with Gasteiger partial charge in [-0.3, -0.25) is 0 Å². The fourth-order valence-corrected chi connectivity index (χ4v) is 2.07. The summed E-state index contributed by atoms with van der Waals surface area (Å²) in [6.45, 7) is 0. The summed E-state index contributed by atoms with van der Waals surface area (Å²) >= 11 is 0. The average molecular weight is 261 g/mol. The van der Waals surface area contributed by atoms with Gasteiger partial charge in [0.05, 0.1) is 4.90 Å². The normalized spacial score (nSPS) is 15.2. The van der Waals surface area contributed by atoms with Gasteiger partial charge < -0.3 is 15.3 Å². The number of carboxylic acids is 1. The minimum absolute atomic E-state index is 0.259. The maximum Gasteiger partial charge on any atom is 0.335 e. The van der Waals surface area contributed by atoms with Gasteiger partial charge in [0.2, 0.25) is 10.0 Å². The number of carboxylic acid groups (broad SMARTS) is 1. The molecule has 0 heterocycles. The van der Waals surface area contributed by atoms with Gasteiger partial charge in [-0.2, -0.15) is 0 Å². The van der Waals surface area contributed by atoms with Crippen molar-refractivity contribution in [1.82, 2.24) is 0 Å². The average Bonchev–Trinajstić information content (AvgIpc) is 2.25. The first-order valence-corrected chi connectivity index (χ1v) is 6.00. The molecule has 0 fully saturated rings. The van der Waals surface area contributed by atoms with E-state index in [4.69, 9.17) is 15.4 Å². The Balaban J connectivity index is 3.28. The molecule has 1 aromatic carbocycles. The number of hydrogen-bond acceptors (Lipinski definition) is 5. The second-order valence-corrected chi connectivity index (χ2v) is 4.84. The molecular weight excluding hydrogens is 250 g/mol. The van der Waals surface area contributed by atoms with Crippen molar-refractivity contribution >= 4 is 16.0 Å². The Labute approximate surface area is 97.2 Å². The Hall–Kier alpha value is -1.48. The molecule has 0 spiro atoms. The lowest BCUT2D eigenvalue weighted by Gasteiger charge is -2.16. The Kier molecular flexibility index (Phi) is 3.83. The van der Waals surface area contributed by atoms with Crippen LogP contribution in [-0.2, 0) is 14.8 Å². The molecule has 0 aliphatic heterocycles. The number of carbonyl (C=O) groups is 1. The Morgan fingerprint density at radius 3 is 2.24 bits per heavy atom. The van der Waals surface area contributed by atoms with Crippen molar-refractivity contribution in [3.8, 4) is 0 Å². The van der Waals surface area contributed by atoms with Gasteiger partial charge in [-0.15, -0.1) is 0 Å². The third-order valence-electron chi connectivity index (χ3n) is 2.10. The lowest BCUT2D eigenvalue weighted by atomic mass is 10.0. The predicted molar refractivity (Wildman–Crippen MR) is 56.4 cm³/mol. The molecule has 0 aliphatic carbocycles. The van der Waals surface area contributed by atoms with Crippen LogP contribution in [-0.4, -0.2) is 35.8 Å². The van der Waals surface area contributed by atoms with Gasteiger partial charge >= 0.3 is 5.97 Å². The second kappa shape index (κ2) is 4.80. The van der Waals surface area contributed by atoms with E-state index in [-0.39, 0.29) is 5.56 Å². The smallest absolute Gasteiger partial charge is 0.335 e. The largest absolute Gasteiger partial charge is 0.479 e. The molecule has 0 saturated heterocycles. The number of aliphatic carboxylic acids is 1. The van der Waals surface area contributed by atoms with E-state index < -0.39 is 33.1 Å². The Morgan fingerprint density at radius 1 is 1.24 bits per heavy atom. The van der Waals surface area contributed by atoms with Crippen LogP contribution in [0.15, 0.2) is 29.2 Å². The Morgan fingerprint density at radius 2 is 1.76 bits per heavy atom. The summed E-state index contributed by atoms with van der Waals surface area (Å²) < 4.78 is 22.4. The van der Waals surface area contributed by atoms with Crippen LogP contribution >= 0.6 is 0 Å². The lowest BCUT2D eigenvalue weighted by molar-refractivity contribution is -0.153. The molecular formula is C9H11NO6S. The van der Waals surface area contributed by atoms with Crippen molar-refractivity contribution in [1.29, 1.82) is 0 Å². The van der Waals surface area contributed by atoms with Crippen molar-refractivity contribution in [3.05, 3.63) is 29.8 Å². The van der Waals surface area contributed by atoms with Crippen LogP contribution in [0.25, 0.3) is 0 Å². The summed E-state index contributed by atoms with van der Waals surface area (Å²) in [5, 5.41) is 32.1. The number of primary sulfonamides is 1. The first kappa shape index (κ1) is 13.6. The monoisotopic (exact) mass is 261 g/mol. The lowest BCUT2D eigenvalue weighted by Crippen LogP contribution is -2.29. The molecule has 5 N–H and O–H groups in total. The van der Waals surface area contributed by atoms with Crippen LogP contribution in [0.5, 0.6) is 0 Å². The first-order chi connectivity index (χ1) is 7.75. The third-order valence-corrected chi connectivity index (χ3v) is 3.08. The van der Waals surface area contributed by atoms with Gasteiger partial charge in [-0.25, -0.2) is 18.4 Å². The molecule has 2 atom stereocenters. The molecule has 94 valence electrons. The van der Waals surface area contributed by atoms with Crippen molar-refractivity contribution in [3.63, 3.8) is 0 Å². The number of aliphatic hydroxyl groups is 2. The van der Waals surface area contributed by atoms with Gasteiger partial charge in [0, 0.05) is 5.56 Å². The number of nitrogens with two attached hydrogens (primary N) is 1. The topological polar surface area (TPSA) is 138 Å².